The highest BCUT2D eigenvalue weighted by Gasteiger charge is 2.13. The van der Waals surface area contributed by atoms with E-state index in [4.69, 9.17) is 21.3 Å². The first kappa shape index (κ1) is 24.0. The van der Waals surface area contributed by atoms with Gasteiger partial charge in [0.05, 0.1) is 24.1 Å². The number of hydrogen-bond donors (Lipinski definition) is 1. The molecule has 34 heavy (non-hydrogen) atoms. The maximum Gasteiger partial charge on any atom is 0.262 e. The van der Waals surface area contributed by atoms with Crippen LogP contribution in [-0.2, 0) is 17.0 Å². The number of benzene rings is 3. The Hall–Kier alpha value is -3.13. The minimum absolute atomic E-state index is 0.103. The second kappa shape index (κ2) is 11.3. The summed E-state index contributed by atoms with van der Waals surface area (Å²) in [5.74, 6) is 0.425. The molecule has 1 amide bonds. The molecule has 1 heterocycles. The summed E-state index contributed by atoms with van der Waals surface area (Å²) in [6, 6.07) is 22.2. The molecular formula is C26H24ClN3O3S. The van der Waals surface area contributed by atoms with E-state index in [1.54, 1.807) is 29.9 Å². The van der Waals surface area contributed by atoms with Crippen molar-refractivity contribution in [1.29, 1.82) is 0 Å². The molecule has 0 spiro atoms. The molecule has 0 aliphatic rings. The highest BCUT2D eigenvalue weighted by Crippen LogP contribution is 2.26. The van der Waals surface area contributed by atoms with E-state index in [2.05, 4.69) is 5.32 Å². The molecule has 4 rings (SSSR count). The van der Waals surface area contributed by atoms with Gasteiger partial charge in [-0.3, -0.25) is 14.2 Å². The Morgan fingerprint density at radius 2 is 1.79 bits per heavy atom. The number of rotatable bonds is 9. The minimum Gasteiger partial charge on any atom is -0.383 e. The fourth-order valence-corrected chi connectivity index (χ4v) is 4.75. The van der Waals surface area contributed by atoms with E-state index < -0.39 is 0 Å². The van der Waals surface area contributed by atoms with E-state index in [0.717, 1.165) is 11.1 Å². The number of nitrogens with one attached hydrogen (secondary N) is 1. The van der Waals surface area contributed by atoms with Crippen molar-refractivity contribution in [3.63, 3.8) is 0 Å². The van der Waals surface area contributed by atoms with Crippen LogP contribution >= 0.6 is 23.4 Å². The summed E-state index contributed by atoms with van der Waals surface area (Å²) in [6.07, 6.45) is 0. The van der Waals surface area contributed by atoms with Gasteiger partial charge in [0.25, 0.3) is 11.5 Å². The Bertz CT molecular complexity index is 1360. The monoisotopic (exact) mass is 493 g/mol. The van der Waals surface area contributed by atoms with Gasteiger partial charge in [-0.05, 0) is 41.5 Å². The van der Waals surface area contributed by atoms with Gasteiger partial charge in [0.15, 0.2) is 5.16 Å². The predicted molar refractivity (Wildman–Crippen MR) is 137 cm³/mol. The number of fused-ring (bicyclic) bond motifs is 1. The van der Waals surface area contributed by atoms with Crippen molar-refractivity contribution in [2.24, 2.45) is 0 Å². The average Bonchev–Trinajstić information content (AvgIpc) is 2.86. The van der Waals surface area contributed by atoms with Crippen LogP contribution in [0.4, 0.5) is 0 Å². The van der Waals surface area contributed by atoms with Gasteiger partial charge >= 0.3 is 0 Å². The fraction of sp³-hybridized carbons (Fsp3) is 0.192. The lowest BCUT2D eigenvalue weighted by atomic mass is 10.1. The fourth-order valence-electron chi connectivity index (χ4n) is 3.47. The largest absolute Gasteiger partial charge is 0.383 e. The number of thioether (sulfide) groups is 1. The molecule has 0 bridgehead atoms. The van der Waals surface area contributed by atoms with E-state index >= 15 is 0 Å². The Labute approximate surface area is 206 Å². The van der Waals surface area contributed by atoms with E-state index in [9.17, 15) is 9.59 Å². The number of carbonyl (C=O) groups excluding carboxylic acids is 1. The molecule has 4 aromatic rings. The molecule has 0 saturated heterocycles. The number of para-hydroxylation sites is 1. The average molecular weight is 494 g/mol. The van der Waals surface area contributed by atoms with Gasteiger partial charge in [-0.2, -0.15) is 0 Å². The van der Waals surface area contributed by atoms with Gasteiger partial charge in [0.2, 0.25) is 0 Å². The third-order valence-corrected chi connectivity index (χ3v) is 6.68. The quantitative estimate of drug-likeness (QED) is 0.206. The smallest absolute Gasteiger partial charge is 0.262 e. The summed E-state index contributed by atoms with van der Waals surface area (Å²) in [7, 11) is 1.59. The van der Waals surface area contributed by atoms with Gasteiger partial charge in [-0.25, -0.2) is 4.98 Å². The second-order valence-electron chi connectivity index (χ2n) is 7.63. The van der Waals surface area contributed by atoms with Crippen LogP contribution in [0.3, 0.4) is 0 Å². The van der Waals surface area contributed by atoms with Crippen LogP contribution in [0.15, 0.2) is 82.7 Å². The lowest BCUT2D eigenvalue weighted by molar-refractivity contribution is 0.0937. The SMILES string of the molecule is COCCNC(=O)c1ccc(Cn2c(SCc3ccccc3Cl)nc3ccccc3c2=O)cc1. The molecule has 0 aliphatic heterocycles. The number of methoxy groups -OCH3 is 1. The van der Waals surface area contributed by atoms with Crippen molar-refractivity contribution in [2.45, 2.75) is 17.5 Å². The molecule has 0 unspecified atom stereocenters. The molecule has 0 atom stereocenters. The number of amides is 1. The first-order chi connectivity index (χ1) is 16.6. The van der Waals surface area contributed by atoms with Crippen molar-refractivity contribution >= 4 is 40.2 Å². The van der Waals surface area contributed by atoms with Gasteiger partial charge in [-0.1, -0.05) is 65.8 Å². The third kappa shape index (κ3) is 5.67. The van der Waals surface area contributed by atoms with Crippen LogP contribution in [0.2, 0.25) is 5.02 Å². The van der Waals surface area contributed by atoms with E-state index in [-0.39, 0.29) is 11.5 Å². The third-order valence-electron chi connectivity index (χ3n) is 5.29. The molecule has 0 aliphatic carbocycles. The molecular weight excluding hydrogens is 470 g/mol. The summed E-state index contributed by atoms with van der Waals surface area (Å²) in [6.45, 7) is 1.24. The first-order valence-electron chi connectivity index (χ1n) is 10.8. The summed E-state index contributed by atoms with van der Waals surface area (Å²) in [4.78, 5) is 30.4. The molecule has 1 aromatic heterocycles. The van der Waals surface area contributed by atoms with Crippen LogP contribution in [0, 0.1) is 0 Å². The molecule has 0 radical (unpaired) electrons. The molecule has 3 aromatic carbocycles. The lowest BCUT2D eigenvalue weighted by Gasteiger charge is -2.14. The van der Waals surface area contributed by atoms with Crippen LogP contribution in [0.1, 0.15) is 21.5 Å². The first-order valence-corrected chi connectivity index (χ1v) is 12.1. The zero-order chi connectivity index (χ0) is 23.9. The summed E-state index contributed by atoms with van der Waals surface area (Å²) >= 11 is 7.80. The molecule has 8 heteroatoms. The minimum atomic E-state index is -0.163. The van der Waals surface area contributed by atoms with Crippen molar-refractivity contribution in [3.8, 4) is 0 Å². The summed E-state index contributed by atoms with van der Waals surface area (Å²) in [5, 5.41) is 4.67. The lowest BCUT2D eigenvalue weighted by Crippen LogP contribution is -2.27. The normalized spacial score (nSPS) is 11.0. The Morgan fingerprint density at radius 1 is 1.06 bits per heavy atom. The summed E-state index contributed by atoms with van der Waals surface area (Å²) in [5.41, 5.74) is 2.98. The van der Waals surface area contributed by atoms with Crippen LogP contribution in [-0.4, -0.2) is 35.7 Å². The maximum absolute atomic E-state index is 13.4. The van der Waals surface area contributed by atoms with E-state index in [0.29, 0.717) is 52.1 Å². The van der Waals surface area contributed by atoms with Gasteiger partial charge in [0, 0.05) is 30.0 Å². The highest BCUT2D eigenvalue weighted by molar-refractivity contribution is 7.98. The number of aromatic nitrogens is 2. The van der Waals surface area contributed by atoms with Gasteiger partial charge in [0.1, 0.15) is 0 Å². The molecule has 174 valence electrons. The number of carbonyl (C=O) groups is 1. The second-order valence-corrected chi connectivity index (χ2v) is 8.98. The number of hydrogen-bond acceptors (Lipinski definition) is 5. The standard InChI is InChI=1S/C26H24ClN3O3S/c1-33-15-14-28-24(31)19-12-10-18(11-13-19)16-30-25(32)21-7-3-5-9-23(21)29-26(30)34-17-20-6-2-4-8-22(20)27/h2-13H,14-17H2,1H3,(H,28,31). The van der Waals surface area contributed by atoms with Crippen molar-refractivity contribution in [1.82, 2.24) is 14.9 Å². The number of halogens is 1. The summed E-state index contributed by atoms with van der Waals surface area (Å²) < 4.78 is 6.64. The van der Waals surface area contributed by atoms with Crippen LogP contribution in [0.5, 0.6) is 0 Å². The Morgan fingerprint density at radius 3 is 2.56 bits per heavy atom. The Kier molecular flexibility index (Phi) is 8.00. The van der Waals surface area contributed by atoms with Crippen LogP contribution in [0.25, 0.3) is 10.9 Å². The predicted octanol–water partition coefficient (Wildman–Crippen LogP) is 4.77. The molecule has 1 N–H and O–H groups in total. The molecule has 6 nitrogen and oxygen atoms in total. The molecule has 0 fully saturated rings. The number of ether oxygens (including phenoxy) is 1. The maximum atomic E-state index is 13.4. The zero-order valence-electron chi connectivity index (χ0n) is 18.7. The Balaban J connectivity index is 1.61. The number of nitrogens with zero attached hydrogens (tertiary/aromatic N) is 2. The van der Waals surface area contributed by atoms with Crippen molar-refractivity contribution in [2.75, 3.05) is 20.3 Å². The van der Waals surface area contributed by atoms with Crippen molar-refractivity contribution < 1.29 is 9.53 Å². The van der Waals surface area contributed by atoms with E-state index in [1.165, 1.54) is 11.8 Å². The highest BCUT2D eigenvalue weighted by atomic mass is 35.5. The molecule has 0 saturated carbocycles. The van der Waals surface area contributed by atoms with Gasteiger partial charge in [-0.15, -0.1) is 0 Å². The van der Waals surface area contributed by atoms with Gasteiger partial charge < -0.3 is 10.1 Å². The van der Waals surface area contributed by atoms with E-state index in [1.807, 2.05) is 54.6 Å². The van der Waals surface area contributed by atoms with Crippen LogP contribution < -0.4 is 10.9 Å². The topological polar surface area (TPSA) is 73.2 Å². The van der Waals surface area contributed by atoms with Crippen molar-refractivity contribution in [3.05, 3.63) is 105 Å². The zero-order valence-corrected chi connectivity index (χ0v) is 20.2.